The molecule has 6 nitrogen and oxygen atoms in total. The van der Waals surface area contributed by atoms with E-state index in [9.17, 15) is 9.59 Å². The summed E-state index contributed by atoms with van der Waals surface area (Å²) in [7, 11) is 0. The van der Waals surface area contributed by atoms with Crippen molar-refractivity contribution in [1.29, 1.82) is 0 Å². The number of carbonyl (C=O) groups is 2. The van der Waals surface area contributed by atoms with Crippen LogP contribution in [0, 0.1) is 13.8 Å². The molecule has 0 saturated carbocycles. The van der Waals surface area contributed by atoms with Gasteiger partial charge in [-0.25, -0.2) is 4.99 Å². The fraction of sp³-hybridized carbons (Fsp3) is 0.286. The van der Waals surface area contributed by atoms with Gasteiger partial charge in [0, 0.05) is 17.8 Å². The van der Waals surface area contributed by atoms with E-state index in [2.05, 4.69) is 10.3 Å². The molecule has 0 radical (unpaired) electrons. The summed E-state index contributed by atoms with van der Waals surface area (Å²) in [6.07, 6.45) is 0.137. The molecule has 0 aromatic heterocycles. The molecule has 2 aliphatic heterocycles. The quantitative estimate of drug-likeness (QED) is 0.864. The van der Waals surface area contributed by atoms with Crippen LogP contribution in [-0.2, 0) is 9.59 Å². The summed E-state index contributed by atoms with van der Waals surface area (Å²) in [4.78, 5) is 33.6. The molecule has 0 spiro atoms. The molecule has 1 N–H and O–H groups in total. The number of carbonyl (C=O) groups excluding carboxylic acids is 2. The number of aliphatic imine (C=N–C) groups is 1. The first-order valence-electron chi connectivity index (χ1n) is 9.21. The van der Waals surface area contributed by atoms with Crippen LogP contribution in [-0.4, -0.2) is 40.5 Å². The smallest absolute Gasteiger partial charge is 0.244 e. The van der Waals surface area contributed by atoms with Crippen molar-refractivity contribution in [2.45, 2.75) is 25.5 Å². The van der Waals surface area contributed by atoms with E-state index in [1.165, 1.54) is 11.8 Å². The predicted molar refractivity (Wildman–Crippen MR) is 113 cm³/mol. The Morgan fingerprint density at radius 1 is 1.21 bits per heavy atom. The third kappa shape index (κ3) is 3.75. The maximum absolute atomic E-state index is 12.8. The highest BCUT2D eigenvalue weighted by Crippen LogP contribution is 2.33. The monoisotopic (exact) mass is 394 g/mol. The van der Waals surface area contributed by atoms with Gasteiger partial charge in [0.25, 0.3) is 0 Å². The number of amidine groups is 1. The van der Waals surface area contributed by atoms with Crippen molar-refractivity contribution in [2.75, 3.05) is 23.6 Å². The van der Waals surface area contributed by atoms with Crippen molar-refractivity contribution in [3.63, 3.8) is 0 Å². The number of nitrogens with zero attached hydrogens (tertiary/aromatic N) is 3. The highest BCUT2D eigenvalue weighted by atomic mass is 32.2. The molecule has 28 heavy (non-hydrogen) atoms. The van der Waals surface area contributed by atoms with E-state index in [0.29, 0.717) is 18.5 Å². The average molecular weight is 395 g/mol. The van der Waals surface area contributed by atoms with E-state index in [0.717, 1.165) is 22.5 Å². The van der Waals surface area contributed by atoms with Crippen molar-refractivity contribution in [3.8, 4) is 0 Å². The van der Waals surface area contributed by atoms with Crippen LogP contribution in [0.3, 0.4) is 0 Å². The minimum absolute atomic E-state index is 0.0554. The van der Waals surface area contributed by atoms with E-state index in [4.69, 9.17) is 0 Å². The molecule has 2 amide bonds. The zero-order chi connectivity index (χ0) is 19.7. The molecule has 2 aromatic carbocycles. The first-order chi connectivity index (χ1) is 13.5. The van der Waals surface area contributed by atoms with Gasteiger partial charge < -0.3 is 10.2 Å². The molecule has 1 saturated heterocycles. The van der Waals surface area contributed by atoms with Crippen molar-refractivity contribution in [3.05, 3.63) is 59.7 Å². The zero-order valence-electron chi connectivity index (χ0n) is 15.9. The number of amides is 2. The molecular formula is C21H22N4O2S. The summed E-state index contributed by atoms with van der Waals surface area (Å²) in [5, 5.41) is 3.21. The molecule has 2 aromatic rings. The number of rotatable bonds is 4. The molecule has 7 heteroatoms. The van der Waals surface area contributed by atoms with Gasteiger partial charge in [-0.2, -0.15) is 0 Å². The molecule has 4 rings (SSSR count). The van der Waals surface area contributed by atoms with Crippen LogP contribution in [0.2, 0.25) is 0 Å². The van der Waals surface area contributed by atoms with Crippen LogP contribution < -0.4 is 10.2 Å². The van der Waals surface area contributed by atoms with Gasteiger partial charge in [0.1, 0.15) is 18.6 Å². The lowest BCUT2D eigenvalue weighted by Crippen LogP contribution is -2.46. The summed E-state index contributed by atoms with van der Waals surface area (Å²) in [5.41, 5.74) is 3.98. The van der Waals surface area contributed by atoms with Gasteiger partial charge in [-0.3, -0.25) is 14.5 Å². The predicted octanol–water partition coefficient (Wildman–Crippen LogP) is 3.37. The van der Waals surface area contributed by atoms with Crippen LogP contribution in [0.4, 0.5) is 11.4 Å². The van der Waals surface area contributed by atoms with E-state index in [-0.39, 0.29) is 18.2 Å². The van der Waals surface area contributed by atoms with Crippen molar-refractivity contribution >= 4 is 40.1 Å². The molecule has 144 valence electrons. The van der Waals surface area contributed by atoms with E-state index in [1.807, 2.05) is 67.3 Å². The van der Waals surface area contributed by atoms with Crippen molar-refractivity contribution in [1.82, 2.24) is 4.90 Å². The molecule has 1 fully saturated rings. The second kappa shape index (κ2) is 7.67. The molecule has 0 bridgehead atoms. The minimum Gasteiger partial charge on any atom is -0.334 e. The topological polar surface area (TPSA) is 65.0 Å². The van der Waals surface area contributed by atoms with Crippen LogP contribution in [0.15, 0.2) is 53.5 Å². The number of fused-ring (bicyclic) bond motifs is 1. The third-order valence-electron chi connectivity index (χ3n) is 4.86. The van der Waals surface area contributed by atoms with Crippen LogP contribution in [0.25, 0.3) is 0 Å². The zero-order valence-corrected chi connectivity index (χ0v) is 16.7. The molecule has 1 atom stereocenters. The van der Waals surface area contributed by atoms with Crippen molar-refractivity contribution < 1.29 is 9.59 Å². The number of thioether (sulfide) groups is 1. The second-order valence-electron chi connectivity index (χ2n) is 7.04. The average Bonchev–Trinajstić information content (AvgIpc) is 3.00. The molecule has 0 aliphatic carbocycles. The summed E-state index contributed by atoms with van der Waals surface area (Å²) >= 11 is 1.38. The third-order valence-corrected chi connectivity index (χ3v) is 6.07. The van der Waals surface area contributed by atoms with Gasteiger partial charge in [-0.15, -0.1) is 0 Å². The van der Waals surface area contributed by atoms with E-state index >= 15 is 0 Å². The Morgan fingerprint density at radius 3 is 2.75 bits per heavy atom. The summed E-state index contributed by atoms with van der Waals surface area (Å²) < 4.78 is 0. The maximum atomic E-state index is 12.8. The maximum Gasteiger partial charge on any atom is 0.244 e. The minimum atomic E-state index is -0.430. The van der Waals surface area contributed by atoms with E-state index in [1.54, 1.807) is 4.90 Å². The SMILES string of the molecule is Cc1ccc(NC(=O)C[C@H]2SC3=NCN(c4ccccc4)CN3C2=O)c(C)c1. The number of benzene rings is 2. The van der Waals surface area contributed by atoms with Gasteiger partial charge in [0.2, 0.25) is 11.8 Å². The molecule has 0 unspecified atom stereocenters. The fourth-order valence-corrected chi connectivity index (χ4v) is 4.50. The standard InChI is InChI=1S/C21H22N4O2S/c1-14-8-9-17(15(2)10-14)23-19(26)11-18-20(27)25-13-24(12-22-21(25)28-18)16-6-4-3-5-7-16/h3-10,18H,11-13H2,1-2H3,(H,23,26)/t18-/m1/s1. The largest absolute Gasteiger partial charge is 0.334 e. The highest BCUT2D eigenvalue weighted by molar-refractivity contribution is 8.15. The Kier molecular flexibility index (Phi) is 5.09. The number of anilines is 2. The summed E-state index contributed by atoms with van der Waals surface area (Å²) in [5.74, 6) is -0.210. The van der Waals surface area contributed by atoms with Crippen molar-refractivity contribution in [2.24, 2.45) is 4.99 Å². The van der Waals surface area contributed by atoms with Crippen LogP contribution >= 0.6 is 11.8 Å². The Labute approximate surface area is 168 Å². The Bertz CT molecular complexity index is 945. The summed E-state index contributed by atoms with van der Waals surface area (Å²) in [6, 6.07) is 15.8. The lowest BCUT2D eigenvalue weighted by atomic mass is 10.1. The first kappa shape index (κ1) is 18.6. The number of hydrogen-bond donors (Lipinski definition) is 1. The number of hydrogen-bond acceptors (Lipinski definition) is 5. The Hall–Kier alpha value is -2.80. The number of para-hydroxylation sites is 1. The van der Waals surface area contributed by atoms with Gasteiger partial charge >= 0.3 is 0 Å². The number of nitrogens with one attached hydrogen (secondary N) is 1. The Morgan fingerprint density at radius 2 is 2.00 bits per heavy atom. The lowest BCUT2D eigenvalue weighted by Gasteiger charge is -2.32. The van der Waals surface area contributed by atoms with E-state index < -0.39 is 5.25 Å². The highest BCUT2D eigenvalue weighted by Gasteiger charge is 2.41. The van der Waals surface area contributed by atoms with Gasteiger partial charge in [0.05, 0.1) is 0 Å². The number of aryl methyl sites for hydroxylation is 2. The summed E-state index contributed by atoms with van der Waals surface area (Å²) in [6.45, 7) is 4.95. The van der Waals surface area contributed by atoms with Gasteiger partial charge in [-0.05, 0) is 37.6 Å². The first-order valence-corrected chi connectivity index (χ1v) is 10.1. The van der Waals surface area contributed by atoms with Crippen LogP contribution in [0.5, 0.6) is 0 Å². The van der Waals surface area contributed by atoms with Gasteiger partial charge in [0.15, 0.2) is 5.17 Å². The molecular weight excluding hydrogens is 372 g/mol. The van der Waals surface area contributed by atoms with Gasteiger partial charge in [-0.1, -0.05) is 47.7 Å². The Balaban J connectivity index is 1.40. The lowest BCUT2D eigenvalue weighted by molar-refractivity contribution is -0.128. The normalized spacial score (nSPS) is 18.7. The fourth-order valence-electron chi connectivity index (χ4n) is 3.38. The van der Waals surface area contributed by atoms with Crippen LogP contribution in [0.1, 0.15) is 17.5 Å². The molecule has 2 aliphatic rings. The second-order valence-corrected chi connectivity index (χ2v) is 8.21. The molecule has 2 heterocycles.